The van der Waals surface area contributed by atoms with Gasteiger partial charge in [0, 0.05) is 23.2 Å². The van der Waals surface area contributed by atoms with Crippen molar-refractivity contribution in [1.29, 1.82) is 5.26 Å². The van der Waals surface area contributed by atoms with Crippen molar-refractivity contribution in [3.63, 3.8) is 0 Å². The molecule has 0 aliphatic carbocycles. The van der Waals surface area contributed by atoms with Crippen LogP contribution in [0.3, 0.4) is 0 Å². The summed E-state index contributed by atoms with van der Waals surface area (Å²) in [5.74, 6) is 0.517. The van der Waals surface area contributed by atoms with E-state index in [2.05, 4.69) is 5.32 Å². The first-order chi connectivity index (χ1) is 8.43. The van der Waals surface area contributed by atoms with Crippen LogP contribution in [0.15, 0.2) is 12.1 Å². The summed E-state index contributed by atoms with van der Waals surface area (Å²) in [5.41, 5.74) is 0.850. The van der Waals surface area contributed by atoms with Crippen molar-refractivity contribution in [2.24, 2.45) is 0 Å². The van der Waals surface area contributed by atoms with Crippen LogP contribution in [0, 0.1) is 11.3 Å². The molecule has 0 aliphatic heterocycles. The van der Waals surface area contributed by atoms with Gasteiger partial charge >= 0.3 is 0 Å². The van der Waals surface area contributed by atoms with Gasteiger partial charge in [0.05, 0.1) is 5.02 Å². The number of halogens is 2. The van der Waals surface area contributed by atoms with Gasteiger partial charge in [-0.05, 0) is 19.1 Å². The first-order valence-corrected chi connectivity index (χ1v) is 6.47. The van der Waals surface area contributed by atoms with Gasteiger partial charge in [0.2, 0.25) is 0 Å². The zero-order valence-electron chi connectivity index (χ0n) is 10.6. The lowest BCUT2D eigenvalue weighted by atomic mass is 10.2. The lowest BCUT2D eigenvalue weighted by Crippen LogP contribution is -2.22. The molecule has 5 heteroatoms. The molecule has 3 nitrogen and oxygen atoms in total. The van der Waals surface area contributed by atoms with Crippen molar-refractivity contribution in [2.75, 3.05) is 0 Å². The summed E-state index contributed by atoms with van der Waals surface area (Å²) in [6, 6.07) is 5.76. The molecule has 1 aromatic rings. The van der Waals surface area contributed by atoms with Gasteiger partial charge in [0.15, 0.2) is 6.10 Å². The van der Waals surface area contributed by atoms with Gasteiger partial charge in [-0.1, -0.05) is 37.0 Å². The van der Waals surface area contributed by atoms with Crippen LogP contribution in [0.1, 0.15) is 26.3 Å². The molecular formula is C13H16Cl2N2O. The predicted molar refractivity (Wildman–Crippen MR) is 74.1 cm³/mol. The summed E-state index contributed by atoms with van der Waals surface area (Å²) in [6.45, 7) is 6.35. The monoisotopic (exact) mass is 286 g/mol. The van der Waals surface area contributed by atoms with E-state index in [0.717, 1.165) is 5.56 Å². The fourth-order valence-electron chi connectivity index (χ4n) is 1.39. The second kappa shape index (κ2) is 6.84. The van der Waals surface area contributed by atoms with Gasteiger partial charge in [-0.25, -0.2) is 0 Å². The number of nitrogens with zero attached hydrogens (tertiary/aromatic N) is 1. The van der Waals surface area contributed by atoms with E-state index >= 15 is 0 Å². The summed E-state index contributed by atoms with van der Waals surface area (Å²) in [4.78, 5) is 0. The second-order valence-electron chi connectivity index (χ2n) is 4.30. The Morgan fingerprint density at radius 2 is 2.00 bits per heavy atom. The fourth-order valence-corrected chi connectivity index (χ4v) is 1.97. The fraction of sp³-hybridized carbons (Fsp3) is 0.462. The van der Waals surface area contributed by atoms with Crippen molar-refractivity contribution in [3.05, 3.63) is 27.7 Å². The molecule has 1 aromatic carbocycles. The van der Waals surface area contributed by atoms with Crippen molar-refractivity contribution < 1.29 is 4.74 Å². The van der Waals surface area contributed by atoms with Gasteiger partial charge < -0.3 is 10.1 Å². The highest BCUT2D eigenvalue weighted by molar-refractivity contribution is 6.35. The Balaban J connectivity index is 3.01. The minimum absolute atomic E-state index is 0.337. The number of benzene rings is 1. The topological polar surface area (TPSA) is 45.0 Å². The largest absolute Gasteiger partial charge is 0.474 e. The summed E-state index contributed by atoms with van der Waals surface area (Å²) < 4.78 is 5.52. The van der Waals surface area contributed by atoms with E-state index < -0.39 is 6.10 Å². The Hall–Kier alpha value is -0.950. The highest BCUT2D eigenvalue weighted by atomic mass is 35.5. The van der Waals surface area contributed by atoms with Gasteiger partial charge in [-0.2, -0.15) is 5.26 Å². The highest BCUT2D eigenvalue weighted by Gasteiger charge is 2.13. The Morgan fingerprint density at radius 1 is 1.33 bits per heavy atom. The van der Waals surface area contributed by atoms with Crippen LogP contribution in [0.2, 0.25) is 10.0 Å². The van der Waals surface area contributed by atoms with E-state index in [1.807, 2.05) is 19.9 Å². The Bertz CT molecular complexity index is 455. The number of hydrogen-bond acceptors (Lipinski definition) is 3. The van der Waals surface area contributed by atoms with Crippen LogP contribution >= 0.6 is 23.2 Å². The van der Waals surface area contributed by atoms with Crippen LogP contribution in [-0.2, 0) is 6.54 Å². The van der Waals surface area contributed by atoms with E-state index in [1.165, 1.54) is 0 Å². The predicted octanol–water partition coefficient (Wildman–Crippen LogP) is 3.78. The van der Waals surface area contributed by atoms with Crippen LogP contribution in [0.4, 0.5) is 0 Å². The quantitative estimate of drug-likeness (QED) is 0.896. The smallest absolute Gasteiger partial charge is 0.181 e. The van der Waals surface area contributed by atoms with Gasteiger partial charge in [-0.3, -0.25) is 0 Å². The maximum absolute atomic E-state index is 8.79. The minimum atomic E-state index is -0.554. The normalized spacial score (nSPS) is 12.3. The number of rotatable bonds is 5. The van der Waals surface area contributed by atoms with Crippen LogP contribution in [0.5, 0.6) is 5.75 Å². The number of hydrogen-bond donors (Lipinski definition) is 1. The van der Waals surface area contributed by atoms with Crippen LogP contribution < -0.4 is 10.1 Å². The third kappa shape index (κ3) is 4.38. The molecule has 0 aliphatic rings. The van der Waals surface area contributed by atoms with E-state index in [1.54, 1.807) is 19.1 Å². The Morgan fingerprint density at radius 3 is 2.56 bits per heavy atom. The Kier molecular flexibility index (Phi) is 5.74. The van der Waals surface area contributed by atoms with E-state index in [9.17, 15) is 0 Å². The van der Waals surface area contributed by atoms with E-state index in [0.29, 0.717) is 28.4 Å². The summed E-state index contributed by atoms with van der Waals surface area (Å²) in [5, 5.41) is 13.0. The van der Waals surface area contributed by atoms with Crippen molar-refractivity contribution >= 4 is 23.2 Å². The zero-order valence-corrected chi connectivity index (χ0v) is 12.1. The summed E-state index contributed by atoms with van der Waals surface area (Å²) >= 11 is 12.1. The number of nitriles is 1. The molecule has 1 unspecified atom stereocenters. The standard InChI is InChI=1S/C13H16Cl2N2O/c1-8(2)17-7-10-4-11(14)5-12(15)13(10)18-9(3)6-16/h4-5,8-9,17H,7H2,1-3H3. The first kappa shape index (κ1) is 15.1. The summed E-state index contributed by atoms with van der Waals surface area (Å²) in [7, 11) is 0. The number of ether oxygens (including phenoxy) is 1. The second-order valence-corrected chi connectivity index (χ2v) is 5.14. The highest BCUT2D eigenvalue weighted by Crippen LogP contribution is 2.33. The molecule has 0 fully saturated rings. The maximum atomic E-state index is 8.79. The lowest BCUT2D eigenvalue weighted by molar-refractivity contribution is 0.273. The zero-order chi connectivity index (χ0) is 13.7. The molecule has 0 saturated heterocycles. The first-order valence-electron chi connectivity index (χ1n) is 5.71. The maximum Gasteiger partial charge on any atom is 0.181 e. The summed E-state index contributed by atoms with van der Waals surface area (Å²) in [6.07, 6.45) is -0.554. The molecule has 0 spiro atoms. The van der Waals surface area contributed by atoms with Crippen LogP contribution in [0.25, 0.3) is 0 Å². The van der Waals surface area contributed by atoms with E-state index in [-0.39, 0.29) is 0 Å². The van der Waals surface area contributed by atoms with Crippen molar-refractivity contribution in [1.82, 2.24) is 5.32 Å². The third-order valence-electron chi connectivity index (χ3n) is 2.26. The lowest BCUT2D eigenvalue weighted by Gasteiger charge is -2.16. The average Bonchev–Trinajstić information content (AvgIpc) is 2.29. The molecule has 18 heavy (non-hydrogen) atoms. The Labute approximate surface area is 118 Å². The molecule has 98 valence electrons. The molecule has 1 rings (SSSR count). The minimum Gasteiger partial charge on any atom is -0.474 e. The molecule has 1 atom stereocenters. The molecule has 0 amide bonds. The van der Waals surface area contributed by atoms with Gasteiger partial charge in [0.25, 0.3) is 0 Å². The van der Waals surface area contributed by atoms with Gasteiger partial charge in [0.1, 0.15) is 11.8 Å². The van der Waals surface area contributed by atoms with Crippen molar-refractivity contribution in [2.45, 2.75) is 39.5 Å². The molecule has 0 heterocycles. The molecule has 0 aromatic heterocycles. The van der Waals surface area contributed by atoms with Crippen LogP contribution in [-0.4, -0.2) is 12.1 Å². The molecule has 0 radical (unpaired) electrons. The average molecular weight is 287 g/mol. The molecule has 1 N–H and O–H groups in total. The number of nitrogens with one attached hydrogen (secondary N) is 1. The SMILES string of the molecule is CC(C)NCc1cc(Cl)cc(Cl)c1OC(C)C#N. The van der Waals surface area contributed by atoms with E-state index in [4.69, 9.17) is 33.2 Å². The third-order valence-corrected chi connectivity index (χ3v) is 2.76. The molecule has 0 bridgehead atoms. The van der Waals surface area contributed by atoms with Gasteiger partial charge in [-0.15, -0.1) is 0 Å². The van der Waals surface area contributed by atoms with Crippen molar-refractivity contribution in [3.8, 4) is 11.8 Å². The molecule has 0 saturated carbocycles. The molecular weight excluding hydrogens is 271 g/mol.